The summed E-state index contributed by atoms with van der Waals surface area (Å²) in [4.78, 5) is 27.0. The minimum absolute atomic E-state index is 0. The molecular weight excluding hydrogens is 411 g/mol. The standard InChI is InChI=1S/C21H26N4O2.2ClH/c1-15-9-10-16(23-21(27)17-7-3-4-8-18(17)22)13-19(15)24-20(26)14-25-11-5-2-6-12-25;;/h3-4,7-10,13H,2,5-6,11-12,14,22H2,1H3,(H,23,27)(H,24,26);2*1H. The Labute approximate surface area is 184 Å². The van der Waals surface area contributed by atoms with Gasteiger partial charge >= 0.3 is 0 Å². The number of anilines is 3. The summed E-state index contributed by atoms with van der Waals surface area (Å²) in [6, 6.07) is 12.4. The van der Waals surface area contributed by atoms with E-state index in [1.54, 1.807) is 30.3 Å². The molecule has 0 radical (unpaired) electrons. The highest BCUT2D eigenvalue weighted by Crippen LogP contribution is 2.22. The second-order valence-electron chi connectivity index (χ2n) is 6.96. The number of rotatable bonds is 5. The van der Waals surface area contributed by atoms with Crippen LogP contribution >= 0.6 is 24.8 Å². The number of amides is 2. The Hall–Kier alpha value is -2.28. The molecule has 0 aliphatic carbocycles. The van der Waals surface area contributed by atoms with E-state index in [9.17, 15) is 9.59 Å². The average Bonchev–Trinajstić information content (AvgIpc) is 2.65. The maximum atomic E-state index is 12.4. The van der Waals surface area contributed by atoms with Crippen LogP contribution in [0.25, 0.3) is 0 Å². The molecule has 8 heteroatoms. The van der Waals surface area contributed by atoms with Crippen LogP contribution in [0.15, 0.2) is 42.5 Å². The van der Waals surface area contributed by atoms with Crippen molar-refractivity contribution in [1.29, 1.82) is 0 Å². The van der Waals surface area contributed by atoms with E-state index in [0.29, 0.717) is 29.2 Å². The number of carbonyl (C=O) groups is 2. The predicted molar refractivity (Wildman–Crippen MR) is 123 cm³/mol. The second kappa shape index (κ2) is 11.7. The molecule has 158 valence electrons. The predicted octanol–water partition coefficient (Wildman–Crippen LogP) is 4.10. The van der Waals surface area contributed by atoms with Gasteiger partial charge < -0.3 is 16.4 Å². The number of likely N-dealkylation sites (tertiary alicyclic amines) is 1. The van der Waals surface area contributed by atoms with Gasteiger partial charge in [-0.2, -0.15) is 0 Å². The number of aryl methyl sites for hydroxylation is 1. The Kier molecular flexibility index (Phi) is 9.95. The van der Waals surface area contributed by atoms with Crippen LogP contribution in [0, 0.1) is 6.92 Å². The fourth-order valence-electron chi connectivity index (χ4n) is 3.25. The van der Waals surface area contributed by atoms with E-state index in [1.807, 2.05) is 19.1 Å². The summed E-state index contributed by atoms with van der Waals surface area (Å²) in [5, 5.41) is 5.81. The molecule has 6 nitrogen and oxygen atoms in total. The largest absolute Gasteiger partial charge is 0.398 e. The van der Waals surface area contributed by atoms with E-state index >= 15 is 0 Å². The maximum Gasteiger partial charge on any atom is 0.257 e. The Bertz CT molecular complexity index is 839. The molecular formula is C21H28Cl2N4O2. The zero-order valence-corrected chi connectivity index (χ0v) is 18.1. The molecule has 0 saturated carbocycles. The zero-order chi connectivity index (χ0) is 19.2. The molecule has 0 bridgehead atoms. The fraction of sp³-hybridized carbons (Fsp3) is 0.333. The number of nitrogens with one attached hydrogen (secondary N) is 2. The van der Waals surface area contributed by atoms with Crippen molar-refractivity contribution in [3.63, 3.8) is 0 Å². The van der Waals surface area contributed by atoms with Gasteiger partial charge in [0.25, 0.3) is 5.91 Å². The lowest BCUT2D eigenvalue weighted by atomic mass is 10.1. The van der Waals surface area contributed by atoms with Gasteiger partial charge in [0, 0.05) is 17.1 Å². The van der Waals surface area contributed by atoms with Crippen LogP contribution in [0.4, 0.5) is 17.1 Å². The summed E-state index contributed by atoms with van der Waals surface area (Å²) in [6.07, 6.45) is 3.54. The number of piperidine rings is 1. The number of benzene rings is 2. The highest BCUT2D eigenvalue weighted by Gasteiger charge is 2.15. The van der Waals surface area contributed by atoms with Gasteiger partial charge in [0.1, 0.15) is 0 Å². The molecule has 29 heavy (non-hydrogen) atoms. The van der Waals surface area contributed by atoms with Crippen LogP contribution in [-0.4, -0.2) is 36.3 Å². The number of nitrogens with zero attached hydrogens (tertiary/aromatic N) is 1. The number of nitrogen functional groups attached to an aromatic ring is 1. The van der Waals surface area contributed by atoms with Gasteiger partial charge in [0.05, 0.1) is 12.1 Å². The van der Waals surface area contributed by atoms with Crippen molar-refractivity contribution in [2.24, 2.45) is 0 Å². The van der Waals surface area contributed by atoms with E-state index in [0.717, 1.165) is 31.5 Å². The fourth-order valence-corrected chi connectivity index (χ4v) is 3.25. The van der Waals surface area contributed by atoms with Gasteiger partial charge in [-0.15, -0.1) is 24.8 Å². The number of carbonyl (C=O) groups excluding carboxylic acids is 2. The van der Waals surface area contributed by atoms with Crippen molar-refractivity contribution in [2.75, 3.05) is 36.0 Å². The molecule has 0 aromatic heterocycles. The van der Waals surface area contributed by atoms with Crippen molar-refractivity contribution in [1.82, 2.24) is 4.90 Å². The molecule has 1 saturated heterocycles. The van der Waals surface area contributed by atoms with Crippen LogP contribution in [0.3, 0.4) is 0 Å². The zero-order valence-electron chi connectivity index (χ0n) is 16.4. The summed E-state index contributed by atoms with van der Waals surface area (Å²) < 4.78 is 0. The number of halogens is 2. The minimum Gasteiger partial charge on any atom is -0.398 e. The summed E-state index contributed by atoms with van der Waals surface area (Å²) >= 11 is 0. The van der Waals surface area contributed by atoms with E-state index in [1.165, 1.54) is 6.42 Å². The summed E-state index contributed by atoms with van der Waals surface area (Å²) in [5.41, 5.74) is 8.98. The van der Waals surface area contributed by atoms with Crippen molar-refractivity contribution in [3.05, 3.63) is 53.6 Å². The summed E-state index contributed by atoms with van der Waals surface area (Å²) in [6.45, 7) is 4.27. The van der Waals surface area contributed by atoms with Crippen molar-refractivity contribution < 1.29 is 9.59 Å². The molecule has 0 spiro atoms. The first-order chi connectivity index (χ1) is 13.0. The summed E-state index contributed by atoms with van der Waals surface area (Å²) in [7, 11) is 0. The normalized spacial score (nSPS) is 13.6. The first-order valence-corrected chi connectivity index (χ1v) is 9.31. The monoisotopic (exact) mass is 438 g/mol. The third kappa shape index (κ3) is 6.92. The molecule has 4 N–H and O–H groups in total. The van der Waals surface area contributed by atoms with Crippen molar-refractivity contribution in [3.8, 4) is 0 Å². The minimum atomic E-state index is -0.275. The molecule has 1 heterocycles. The lowest BCUT2D eigenvalue weighted by Gasteiger charge is -2.25. The number of para-hydroxylation sites is 1. The lowest BCUT2D eigenvalue weighted by molar-refractivity contribution is -0.117. The number of nitrogens with two attached hydrogens (primary N) is 1. The van der Waals surface area contributed by atoms with Crippen LogP contribution in [0.1, 0.15) is 35.2 Å². The lowest BCUT2D eigenvalue weighted by Crippen LogP contribution is -2.36. The Balaban J connectivity index is 0.00000210. The average molecular weight is 439 g/mol. The molecule has 1 fully saturated rings. The van der Waals surface area contributed by atoms with Gasteiger partial charge in [-0.05, 0) is 62.7 Å². The maximum absolute atomic E-state index is 12.4. The molecule has 1 aliphatic rings. The smallest absolute Gasteiger partial charge is 0.257 e. The Morgan fingerprint density at radius 1 is 1.00 bits per heavy atom. The van der Waals surface area contributed by atoms with Gasteiger partial charge in [-0.3, -0.25) is 14.5 Å². The molecule has 1 aliphatic heterocycles. The van der Waals surface area contributed by atoms with E-state index in [4.69, 9.17) is 5.73 Å². The topological polar surface area (TPSA) is 87.5 Å². The first-order valence-electron chi connectivity index (χ1n) is 9.31. The summed E-state index contributed by atoms with van der Waals surface area (Å²) in [5.74, 6) is -0.307. The van der Waals surface area contributed by atoms with Crippen molar-refractivity contribution >= 4 is 53.7 Å². The quantitative estimate of drug-likeness (QED) is 0.613. The van der Waals surface area contributed by atoms with Gasteiger partial charge in [-0.1, -0.05) is 24.6 Å². The van der Waals surface area contributed by atoms with Crippen LogP contribution in [0.2, 0.25) is 0 Å². The van der Waals surface area contributed by atoms with Crippen molar-refractivity contribution in [2.45, 2.75) is 26.2 Å². The number of hydrogen-bond acceptors (Lipinski definition) is 4. The highest BCUT2D eigenvalue weighted by atomic mass is 35.5. The Morgan fingerprint density at radius 2 is 1.69 bits per heavy atom. The molecule has 0 atom stereocenters. The Morgan fingerprint density at radius 3 is 2.38 bits per heavy atom. The van der Waals surface area contributed by atoms with E-state index in [-0.39, 0.29) is 36.6 Å². The van der Waals surface area contributed by atoms with Gasteiger partial charge in [0.15, 0.2) is 0 Å². The molecule has 3 rings (SSSR count). The van der Waals surface area contributed by atoms with Gasteiger partial charge in [0.2, 0.25) is 5.91 Å². The highest BCUT2D eigenvalue weighted by molar-refractivity contribution is 6.08. The molecule has 2 aromatic rings. The number of hydrogen-bond donors (Lipinski definition) is 3. The third-order valence-electron chi connectivity index (χ3n) is 4.79. The molecule has 2 aromatic carbocycles. The van der Waals surface area contributed by atoms with Crippen LogP contribution < -0.4 is 16.4 Å². The van der Waals surface area contributed by atoms with Crippen LogP contribution in [-0.2, 0) is 4.79 Å². The molecule has 0 unspecified atom stereocenters. The van der Waals surface area contributed by atoms with E-state index < -0.39 is 0 Å². The van der Waals surface area contributed by atoms with Crippen LogP contribution in [0.5, 0.6) is 0 Å². The van der Waals surface area contributed by atoms with Gasteiger partial charge in [-0.25, -0.2) is 0 Å². The SMILES string of the molecule is Cc1ccc(NC(=O)c2ccccc2N)cc1NC(=O)CN1CCCCC1.Cl.Cl. The molecule has 2 amide bonds. The van der Waals surface area contributed by atoms with E-state index in [2.05, 4.69) is 15.5 Å². The first kappa shape index (κ1) is 24.8. The second-order valence-corrected chi connectivity index (χ2v) is 6.96. The third-order valence-corrected chi connectivity index (χ3v) is 4.79.